The lowest BCUT2D eigenvalue weighted by molar-refractivity contribution is 0.216. The van der Waals surface area contributed by atoms with Crippen LogP contribution in [0.25, 0.3) is 0 Å². The van der Waals surface area contributed by atoms with Gasteiger partial charge in [-0.3, -0.25) is 4.79 Å². The Labute approximate surface area is 128 Å². The number of halogens is 1. The van der Waals surface area contributed by atoms with Crippen LogP contribution in [0.1, 0.15) is 32.6 Å². The molecule has 1 aromatic rings. The van der Waals surface area contributed by atoms with Crippen molar-refractivity contribution < 1.29 is 0 Å². The van der Waals surface area contributed by atoms with Crippen LogP contribution >= 0.6 is 15.9 Å². The van der Waals surface area contributed by atoms with Crippen molar-refractivity contribution in [1.29, 1.82) is 0 Å². The van der Waals surface area contributed by atoms with Crippen molar-refractivity contribution in [3.05, 3.63) is 21.0 Å². The molecule has 1 aromatic heterocycles. The van der Waals surface area contributed by atoms with Gasteiger partial charge in [0.15, 0.2) is 0 Å². The molecule has 0 aromatic carbocycles. The van der Waals surface area contributed by atoms with Gasteiger partial charge in [-0.1, -0.05) is 13.3 Å². The Bertz CT molecular complexity index is 494. The minimum atomic E-state index is -0.101. The lowest BCUT2D eigenvalue weighted by Crippen LogP contribution is -2.39. The van der Waals surface area contributed by atoms with Gasteiger partial charge in [-0.05, 0) is 41.7 Å². The zero-order chi connectivity index (χ0) is 14.5. The standard InChI is InChI=1S/C14H23BrN4O/c1-3-4-7-19-8-5-11(6-9-19)17-12-10-16-18(2)14(20)13(12)15/h10-11,17H,3-9H2,1-2H3. The molecule has 0 bridgehead atoms. The molecule has 20 heavy (non-hydrogen) atoms. The summed E-state index contributed by atoms with van der Waals surface area (Å²) in [7, 11) is 1.66. The molecule has 112 valence electrons. The van der Waals surface area contributed by atoms with Crippen LogP contribution in [-0.4, -0.2) is 40.4 Å². The highest BCUT2D eigenvalue weighted by molar-refractivity contribution is 9.10. The number of nitrogens with one attached hydrogen (secondary N) is 1. The maximum absolute atomic E-state index is 11.8. The fraction of sp³-hybridized carbons (Fsp3) is 0.714. The van der Waals surface area contributed by atoms with E-state index >= 15 is 0 Å². The summed E-state index contributed by atoms with van der Waals surface area (Å²) < 4.78 is 1.91. The van der Waals surface area contributed by atoms with Gasteiger partial charge >= 0.3 is 0 Å². The van der Waals surface area contributed by atoms with Gasteiger partial charge in [-0.25, -0.2) is 4.68 Å². The number of rotatable bonds is 5. The van der Waals surface area contributed by atoms with Crippen LogP contribution in [0.15, 0.2) is 15.5 Å². The molecule has 1 fully saturated rings. The van der Waals surface area contributed by atoms with Gasteiger partial charge in [0.1, 0.15) is 4.47 Å². The Morgan fingerprint density at radius 3 is 2.80 bits per heavy atom. The smallest absolute Gasteiger partial charge is 0.282 e. The first-order valence-electron chi connectivity index (χ1n) is 7.32. The van der Waals surface area contributed by atoms with Crippen LogP contribution in [0.2, 0.25) is 0 Å². The van der Waals surface area contributed by atoms with Gasteiger partial charge in [-0.15, -0.1) is 0 Å². The molecule has 1 aliphatic rings. The number of anilines is 1. The lowest BCUT2D eigenvalue weighted by atomic mass is 10.0. The summed E-state index contributed by atoms with van der Waals surface area (Å²) >= 11 is 3.36. The topological polar surface area (TPSA) is 50.2 Å². The molecule has 2 rings (SSSR count). The lowest BCUT2D eigenvalue weighted by Gasteiger charge is -2.32. The molecule has 0 aliphatic carbocycles. The Morgan fingerprint density at radius 1 is 1.45 bits per heavy atom. The van der Waals surface area contributed by atoms with E-state index in [4.69, 9.17) is 0 Å². The molecule has 1 saturated heterocycles. The highest BCUT2D eigenvalue weighted by atomic mass is 79.9. The number of piperidine rings is 1. The van der Waals surface area contributed by atoms with Gasteiger partial charge in [0.25, 0.3) is 5.56 Å². The van der Waals surface area contributed by atoms with Gasteiger partial charge in [0.2, 0.25) is 0 Å². The summed E-state index contributed by atoms with van der Waals surface area (Å²) in [5.41, 5.74) is 0.704. The van der Waals surface area contributed by atoms with Crippen molar-refractivity contribution >= 4 is 21.6 Å². The Balaban J connectivity index is 1.90. The quantitative estimate of drug-likeness (QED) is 0.891. The van der Waals surface area contributed by atoms with Crippen molar-refractivity contribution in [2.45, 2.75) is 38.6 Å². The molecule has 6 heteroatoms. The van der Waals surface area contributed by atoms with Crippen LogP contribution in [-0.2, 0) is 7.05 Å². The molecule has 0 spiro atoms. The molecule has 2 heterocycles. The van der Waals surface area contributed by atoms with E-state index in [1.165, 1.54) is 24.1 Å². The molecule has 5 nitrogen and oxygen atoms in total. The van der Waals surface area contributed by atoms with E-state index < -0.39 is 0 Å². The zero-order valence-corrected chi connectivity index (χ0v) is 13.8. The molecule has 0 unspecified atom stereocenters. The van der Waals surface area contributed by atoms with E-state index in [-0.39, 0.29) is 5.56 Å². The molecular weight excluding hydrogens is 320 g/mol. The summed E-state index contributed by atoms with van der Waals surface area (Å²) in [4.78, 5) is 14.3. The molecule has 0 radical (unpaired) electrons. The van der Waals surface area contributed by atoms with Crippen molar-refractivity contribution in [3.8, 4) is 0 Å². The predicted octanol–water partition coefficient (Wildman–Crippen LogP) is 2.22. The fourth-order valence-electron chi connectivity index (χ4n) is 2.51. The first-order chi connectivity index (χ1) is 9.61. The summed E-state index contributed by atoms with van der Waals surface area (Å²) in [6, 6.07) is 0.429. The van der Waals surface area contributed by atoms with Crippen molar-refractivity contribution in [3.63, 3.8) is 0 Å². The summed E-state index contributed by atoms with van der Waals surface area (Å²) in [5, 5.41) is 7.51. The third-order valence-corrected chi connectivity index (χ3v) is 4.62. The van der Waals surface area contributed by atoms with Crippen molar-refractivity contribution in [2.24, 2.45) is 7.05 Å². The van der Waals surface area contributed by atoms with Crippen LogP contribution in [0, 0.1) is 0 Å². The number of aromatic nitrogens is 2. The van der Waals surface area contributed by atoms with E-state index in [1.54, 1.807) is 13.2 Å². The third kappa shape index (κ3) is 3.82. The maximum atomic E-state index is 11.8. The van der Waals surface area contributed by atoms with Crippen LogP contribution in [0.3, 0.4) is 0 Å². The fourth-order valence-corrected chi connectivity index (χ4v) is 2.99. The van der Waals surface area contributed by atoms with Crippen LogP contribution in [0.4, 0.5) is 5.69 Å². The number of hydrogen-bond donors (Lipinski definition) is 1. The maximum Gasteiger partial charge on any atom is 0.282 e. The second-order valence-electron chi connectivity index (χ2n) is 5.41. The Hall–Kier alpha value is -0.880. The van der Waals surface area contributed by atoms with Crippen molar-refractivity contribution in [1.82, 2.24) is 14.7 Å². The summed E-state index contributed by atoms with van der Waals surface area (Å²) in [6.07, 6.45) is 6.48. The summed E-state index contributed by atoms with van der Waals surface area (Å²) in [5.74, 6) is 0. The number of unbranched alkanes of at least 4 members (excludes halogenated alkanes) is 1. The van der Waals surface area contributed by atoms with E-state index in [9.17, 15) is 4.79 Å². The largest absolute Gasteiger partial charge is 0.380 e. The Morgan fingerprint density at radius 2 is 2.15 bits per heavy atom. The molecule has 1 aliphatic heterocycles. The van der Waals surface area contributed by atoms with E-state index in [0.717, 1.165) is 31.6 Å². The third-order valence-electron chi connectivity index (χ3n) is 3.85. The number of nitrogens with zero attached hydrogens (tertiary/aromatic N) is 3. The van der Waals surface area contributed by atoms with Gasteiger partial charge in [0, 0.05) is 26.2 Å². The van der Waals surface area contributed by atoms with Gasteiger partial charge < -0.3 is 10.2 Å². The first-order valence-corrected chi connectivity index (χ1v) is 8.11. The number of aryl methyl sites for hydroxylation is 1. The van der Waals surface area contributed by atoms with Crippen LogP contribution < -0.4 is 10.9 Å². The van der Waals surface area contributed by atoms with Gasteiger partial charge in [-0.2, -0.15) is 5.10 Å². The predicted molar refractivity (Wildman–Crippen MR) is 85.2 cm³/mol. The normalized spacial score (nSPS) is 17.4. The minimum Gasteiger partial charge on any atom is -0.380 e. The highest BCUT2D eigenvalue weighted by Crippen LogP contribution is 2.21. The van der Waals surface area contributed by atoms with E-state index in [2.05, 4.69) is 38.2 Å². The zero-order valence-electron chi connectivity index (χ0n) is 12.2. The van der Waals surface area contributed by atoms with Gasteiger partial charge in [0.05, 0.1) is 11.9 Å². The van der Waals surface area contributed by atoms with Crippen molar-refractivity contribution in [2.75, 3.05) is 25.0 Å². The van der Waals surface area contributed by atoms with Crippen LogP contribution in [0.5, 0.6) is 0 Å². The highest BCUT2D eigenvalue weighted by Gasteiger charge is 2.19. The average molecular weight is 343 g/mol. The molecule has 1 N–H and O–H groups in total. The second-order valence-corrected chi connectivity index (χ2v) is 6.21. The molecular formula is C14H23BrN4O. The minimum absolute atomic E-state index is 0.101. The number of likely N-dealkylation sites (tertiary alicyclic amines) is 1. The molecule has 0 atom stereocenters. The van der Waals surface area contributed by atoms with E-state index in [1.807, 2.05) is 0 Å². The first kappa shape index (κ1) is 15.5. The average Bonchev–Trinajstić information content (AvgIpc) is 2.47. The summed E-state index contributed by atoms with van der Waals surface area (Å²) in [6.45, 7) is 5.70. The molecule has 0 saturated carbocycles. The SMILES string of the molecule is CCCCN1CCC(Nc2cnn(C)c(=O)c2Br)CC1. The monoisotopic (exact) mass is 342 g/mol. The second kappa shape index (κ2) is 7.22. The van der Waals surface area contributed by atoms with E-state index in [0.29, 0.717) is 10.5 Å². The Kier molecular flexibility index (Phi) is 5.60. The molecule has 0 amide bonds. The number of hydrogen-bond acceptors (Lipinski definition) is 4.